The number of nitrogens with one attached hydrogen (secondary N) is 1. The average molecular weight is 371 g/mol. The third kappa shape index (κ3) is 2.43. The lowest BCUT2D eigenvalue weighted by Crippen LogP contribution is -2.26. The Hall–Kier alpha value is -3.18. The molecule has 1 atom stereocenters. The van der Waals surface area contributed by atoms with E-state index in [0.29, 0.717) is 23.6 Å². The zero-order chi connectivity index (χ0) is 19.3. The molecule has 2 aliphatic heterocycles. The predicted molar refractivity (Wildman–Crippen MR) is 109 cm³/mol. The fourth-order valence-corrected chi connectivity index (χ4v) is 4.57. The van der Waals surface area contributed by atoms with Gasteiger partial charge < -0.3 is 10.3 Å². The minimum absolute atomic E-state index is 0.321. The number of carbonyl (C=O) groups excluding carboxylic acids is 2. The highest BCUT2D eigenvalue weighted by Crippen LogP contribution is 2.41. The van der Waals surface area contributed by atoms with Crippen molar-refractivity contribution in [3.05, 3.63) is 71.4 Å². The Morgan fingerprint density at radius 3 is 2.46 bits per heavy atom. The van der Waals surface area contributed by atoms with Crippen LogP contribution >= 0.6 is 0 Å². The van der Waals surface area contributed by atoms with Crippen molar-refractivity contribution in [2.75, 3.05) is 6.54 Å². The average Bonchev–Trinajstić information content (AvgIpc) is 3.20. The minimum Gasteiger partial charge on any atom is -0.344 e. The van der Waals surface area contributed by atoms with Gasteiger partial charge in [-0.3, -0.25) is 14.9 Å². The van der Waals surface area contributed by atoms with E-state index in [4.69, 9.17) is 5.73 Å². The van der Waals surface area contributed by atoms with Gasteiger partial charge in [0.05, 0.1) is 11.1 Å². The fraction of sp³-hybridized carbons (Fsp3) is 0.217. The summed E-state index contributed by atoms with van der Waals surface area (Å²) >= 11 is 0. The molecule has 3 N–H and O–H groups in total. The molecule has 0 fully saturated rings. The summed E-state index contributed by atoms with van der Waals surface area (Å²) in [6.07, 6.45) is 1.84. The molecule has 5 rings (SSSR count). The Kier molecular flexibility index (Phi) is 3.91. The molecule has 1 unspecified atom stereocenters. The number of rotatable bonds is 3. The van der Waals surface area contributed by atoms with E-state index >= 15 is 0 Å². The molecule has 140 valence electrons. The monoisotopic (exact) mass is 371 g/mol. The molecular weight excluding hydrogens is 350 g/mol. The molecule has 5 nitrogen and oxygen atoms in total. The van der Waals surface area contributed by atoms with Crippen LogP contribution in [0, 0.1) is 5.92 Å². The SMILES string of the molecule is NCC1CCn2c(c(C3=C(c4ccccc4)C(=O)NC3=O)c3ccccc32)C1. The number of hydrogen-bond acceptors (Lipinski definition) is 3. The van der Waals surface area contributed by atoms with Gasteiger partial charge in [0, 0.05) is 28.7 Å². The third-order valence-corrected chi connectivity index (χ3v) is 5.90. The van der Waals surface area contributed by atoms with Gasteiger partial charge in [0.25, 0.3) is 11.8 Å². The van der Waals surface area contributed by atoms with Crippen molar-refractivity contribution in [2.45, 2.75) is 19.4 Å². The fourth-order valence-electron chi connectivity index (χ4n) is 4.57. The number of nitrogens with two attached hydrogens (primary N) is 1. The van der Waals surface area contributed by atoms with Crippen molar-refractivity contribution >= 4 is 33.9 Å². The first-order chi connectivity index (χ1) is 13.7. The first-order valence-electron chi connectivity index (χ1n) is 9.65. The number of aryl methyl sites for hydroxylation is 1. The van der Waals surface area contributed by atoms with Crippen LogP contribution in [0.4, 0.5) is 0 Å². The number of para-hydroxylation sites is 1. The maximum absolute atomic E-state index is 12.9. The van der Waals surface area contributed by atoms with Crippen LogP contribution in [0.3, 0.4) is 0 Å². The van der Waals surface area contributed by atoms with Crippen LogP contribution in [-0.4, -0.2) is 22.9 Å². The van der Waals surface area contributed by atoms with Crippen LogP contribution in [0.15, 0.2) is 54.6 Å². The van der Waals surface area contributed by atoms with E-state index in [9.17, 15) is 9.59 Å². The molecule has 28 heavy (non-hydrogen) atoms. The topological polar surface area (TPSA) is 77.1 Å². The first kappa shape index (κ1) is 17.0. The molecule has 3 heterocycles. The largest absolute Gasteiger partial charge is 0.344 e. The van der Waals surface area contributed by atoms with E-state index in [0.717, 1.165) is 47.1 Å². The van der Waals surface area contributed by atoms with Crippen LogP contribution in [0.1, 0.15) is 23.2 Å². The zero-order valence-electron chi connectivity index (χ0n) is 15.4. The summed E-state index contributed by atoms with van der Waals surface area (Å²) in [5.74, 6) is -0.268. The summed E-state index contributed by atoms with van der Waals surface area (Å²) in [6.45, 7) is 1.50. The molecule has 0 bridgehead atoms. The van der Waals surface area contributed by atoms with E-state index in [2.05, 4.69) is 16.0 Å². The van der Waals surface area contributed by atoms with Gasteiger partial charge in [0.15, 0.2) is 0 Å². The molecule has 0 spiro atoms. The maximum Gasteiger partial charge on any atom is 0.259 e. The molecule has 1 aromatic heterocycles. The van der Waals surface area contributed by atoms with E-state index in [1.165, 1.54) is 0 Å². The number of fused-ring (bicyclic) bond motifs is 3. The molecule has 3 aromatic rings. The molecule has 2 amide bonds. The maximum atomic E-state index is 12.9. The standard InChI is InChI=1S/C23H21N3O2/c24-13-14-10-11-26-17-9-5-4-8-16(17)20(18(26)12-14)21-19(22(27)25-23(21)28)15-6-2-1-3-7-15/h1-9,14H,10-13,24H2,(H,25,27,28). The molecule has 2 aromatic carbocycles. The van der Waals surface area contributed by atoms with E-state index in [1.807, 2.05) is 48.5 Å². The second kappa shape index (κ2) is 6.46. The molecule has 2 aliphatic rings. The van der Waals surface area contributed by atoms with Crippen LogP contribution in [0.25, 0.3) is 22.0 Å². The molecule has 0 aliphatic carbocycles. The smallest absolute Gasteiger partial charge is 0.259 e. The number of imide groups is 1. The van der Waals surface area contributed by atoms with Crippen molar-refractivity contribution in [3.63, 3.8) is 0 Å². The van der Waals surface area contributed by atoms with Gasteiger partial charge in [0.1, 0.15) is 0 Å². The van der Waals surface area contributed by atoms with Crippen LogP contribution < -0.4 is 11.1 Å². The lowest BCUT2D eigenvalue weighted by molar-refractivity contribution is -0.122. The zero-order valence-corrected chi connectivity index (χ0v) is 15.4. The van der Waals surface area contributed by atoms with E-state index in [1.54, 1.807) is 0 Å². The molecule has 0 radical (unpaired) electrons. The summed E-state index contributed by atoms with van der Waals surface area (Å²) in [7, 11) is 0. The summed E-state index contributed by atoms with van der Waals surface area (Å²) in [5, 5.41) is 3.53. The molecule has 0 saturated heterocycles. The van der Waals surface area contributed by atoms with Crippen LogP contribution in [0.2, 0.25) is 0 Å². The van der Waals surface area contributed by atoms with E-state index in [-0.39, 0.29) is 11.8 Å². The number of benzene rings is 2. The summed E-state index contributed by atoms with van der Waals surface area (Å²) < 4.78 is 2.29. The Balaban J connectivity index is 1.84. The molecule has 0 saturated carbocycles. The second-order valence-corrected chi connectivity index (χ2v) is 7.48. The highest BCUT2D eigenvalue weighted by Gasteiger charge is 2.36. The number of carbonyl (C=O) groups is 2. The Morgan fingerprint density at radius 2 is 1.68 bits per heavy atom. The van der Waals surface area contributed by atoms with Gasteiger partial charge in [-0.2, -0.15) is 0 Å². The summed E-state index contributed by atoms with van der Waals surface area (Å²) in [4.78, 5) is 25.6. The summed E-state index contributed by atoms with van der Waals surface area (Å²) in [6, 6.07) is 17.5. The van der Waals surface area contributed by atoms with Crippen molar-refractivity contribution < 1.29 is 9.59 Å². The second-order valence-electron chi connectivity index (χ2n) is 7.48. The highest BCUT2D eigenvalue weighted by molar-refractivity contribution is 6.50. The quantitative estimate of drug-likeness (QED) is 0.695. The Morgan fingerprint density at radius 1 is 0.964 bits per heavy atom. The lowest BCUT2D eigenvalue weighted by atomic mass is 9.89. The van der Waals surface area contributed by atoms with Crippen LogP contribution in [-0.2, 0) is 22.6 Å². The predicted octanol–water partition coefficient (Wildman–Crippen LogP) is 2.73. The lowest BCUT2D eigenvalue weighted by Gasteiger charge is -2.25. The Labute approximate surface area is 162 Å². The third-order valence-electron chi connectivity index (χ3n) is 5.90. The van der Waals surface area contributed by atoms with Crippen molar-refractivity contribution in [3.8, 4) is 0 Å². The van der Waals surface area contributed by atoms with Crippen molar-refractivity contribution in [1.82, 2.24) is 9.88 Å². The summed E-state index contributed by atoms with van der Waals surface area (Å²) in [5.41, 5.74) is 10.8. The van der Waals surface area contributed by atoms with Gasteiger partial charge in [-0.15, -0.1) is 0 Å². The number of amides is 2. The minimum atomic E-state index is -0.332. The van der Waals surface area contributed by atoms with Crippen LogP contribution in [0.5, 0.6) is 0 Å². The molecule has 5 heteroatoms. The number of hydrogen-bond donors (Lipinski definition) is 2. The van der Waals surface area contributed by atoms with Gasteiger partial charge in [-0.25, -0.2) is 0 Å². The molecular formula is C23H21N3O2. The normalized spacial score (nSPS) is 19.2. The Bertz CT molecular complexity index is 1140. The van der Waals surface area contributed by atoms with E-state index < -0.39 is 0 Å². The first-order valence-corrected chi connectivity index (χ1v) is 9.65. The number of aromatic nitrogens is 1. The van der Waals surface area contributed by atoms with Crippen molar-refractivity contribution in [2.24, 2.45) is 11.7 Å². The number of nitrogens with zero attached hydrogens (tertiary/aromatic N) is 1. The van der Waals surface area contributed by atoms with Gasteiger partial charge >= 0.3 is 0 Å². The van der Waals surface area contributed by atoms with Gasteiger partial charge in [-0.05, 0) is 36.9 Å². The van der Waals surface area contributed by atoms with Gasteiger partial charge in [-0.1, -0.05) is 48.5 Å². The van der Waals surface area contributed by atoms with Crippen molar-refractivity contribution in [1.29, 1.82) is 0 Å². The van der Waals surface area contributed by atoms with Gasteiger partial charge in [0.2, 0.25) is 0 Å². The highest BCUT2D eigenvalue weighted by atomic mass is 16.2.